The highest BCUT2D eigenvalue weighted by atomic mass is 16.5. The molecule has 0 amide bonds. The first-order valence-corrected chi connectivity index (χ1v) is 7.39. The van der Waals surface area contributed by atoms with Crippen molar-refractivity contribution < 1.29 is 4.74 Å². The van der Waals surface area contributed by atoms with E-state index in [4.69, 9.17) is 10.5 Å². The van der Waals surface area contributed by atoms with Gasteiger partial charge in [0.25, 0.3) is 0 Å². The molecule has 24 heavy (non-hydrogen) atoms. The van der Waals surface area contributed by atoms with Crippen LogP contribution in [0, 0.1) is 0 Å². The minimum Gasteiger partial charge on any atom is -0.483 e. The Bertz CT molecular complexity index is 983. The first-order chi connectivity index (χ1) is 11.8. The Balaban J connectivity index is 1.60. The van der Waals surface area contributed by atoms with E-state index < -0.39 is 0 Å². The second kappa shape index (κ2) is 5.96. The van der Waals surface area contributed by atoms with Gasteiger partial charge in [-0.15, -0.1) is 0 Å². The van der Waals surface area contributed by atoms with E-state index in [1.807, 2.05) is 36.4 Å². The van der Waals surface area contributed by atoms with Crippen molar-refractivity contribution in [2.24, 2.45) is 0 Å². The van der Waals surface area contributed by atoms with Crippen molar-refractivity contribution in [1.29, 1.82) is 0 Å². The number of nitrogens with zero attached hydrogens (tertiary/aromatic N) is 4. The van der Waals surface area contributed by atoms with Crippen LogP contribution in [0.3, 0.4) is 0 Å². The minimum absolute atomic E-state index is 0.279. The zero-order valence-electron chi connectivity index (χ0n) is 12.7. The Hall–Kier alpha value is -3.48. The summed E-state index contributed by atoms with van der Waals surface area (Å²) in [6.07, 6.45) is 5.00. The molecular weight excluding hydrogens is 304 g/mol. The molecule has 3 N–H and O–H groups in total. The number of nitrogens with one attached hydrogen (secondary N) is 1. The predicted octanol–water partition coefficient (Wildman–Crippen LogP) is 2.58. The summed E-state index contributed by atoms with van der Waals surface area (Å²) in [4.78, 5) is 12.6. The van der Waals surface area contributed by atoms with Crippen molar-refractivity contribution >= 4 is 16.7 Å². The summed E-state index contributed by atoms with van der Waals surface area (Å²) < 4.78 is 5.68. The summed E-state index contributed by atoms with van der Waals surface area (Å²) in [5, 5.41) is 8.18. The number of pyridine rings is 1. The number of nitrogen functional groups attached to an aromatic ring is 1. The molecular formula is C17H14N6O. The van der Waals surface area contributed by atoms with Crippen LogP contribution in [0.4, 0.5) is 5.82 Å². The molecule has 0 fully saturated rings. The zero-order valence-corrected chi connectivity index (χ0v) is 12.7. The average molecular weight is 318 g/mol. The number of rotatable bonds is 4. The molecule has 4 rings (SSSR count). The number of aromatic amines is 1. The third kappa shape index (κ3) is 2.63. The zero-order chi connectivity index (χ0) is 16.4. The highest BCUT2D eigenvalue weighted by Gasteiger charge is 2.13. The molecule has 4 aromatic rings. The van der Waals surface area contributed by atoms with Crippen molar-refractivity contribution in [3.8, 4) is 17.3 Å². The van der Waals surface area contributed by atoms with E-state index in [1.54, 1.807) is 18.6 Å². The molecule has 0 saturated heterocycles. The number of aromatic nitrogens is 5. The Morgan fingerprint density at radius 1 is 1.08 bits per heavy atom. The second-order valence-corrected chi connectivity index (χ2v) is 5.21. The van der Waals surface area contributed by atoms with Crippen molar-refractivity contribution in [1.82, 2.24) is 25.1 Å². The van der Waals surface area contributed by atoms with E-state index in [-0.39, 0.29) is 5.82 Å². The largest absolute Gasteiger partial charge is 0.483 e. The fraction of sp³-hybridized carbons (Fsp3) is 0.0588. The van der Waals surface area contributed by atoms with Gasteiger partial charge in [-0.25, -0.2) is 9.97 Å². The highest BCUT2D eigenvalue weighted by molar-refractivity contribution is 5.91. The van der Waals surface area contributed by atoms with E-state index in [0.717, 1.165) is 16.5 Å². The molecule has 0 aliphatic rings. The summed E-state index contributed by atoms with van der Waals surface area (Å²) in [6.45, 7) is 0.376. The van der Waals surface area contributed by atoms with Gasteiger partial charge < -0.3 is 10.5 Å². The summed E-state index contributed by atoms with van der Waals surface area (Å²) in [7, 11) is 0. The summed E-state index contributed by atoms with van der Waals surface area (Å²) in [5.74, 6) is 1.18. The van der Waals surface area contributed by atoms with Crippen molar-refractivity contribution in [2.45, 2.75) is 6.61 Å². The first-order valence-electron chi connectivity index (χ1n) is 7.39. The molecule has 118 valence electrons. The van der Waals surface area contributed by atoms with Gasteiger partial charge in [-0.3, -0.25) is 10.1 Å². The smallest absolute Gasteiger partial charge is 0.182 e. The van der Waals surface area contributed by atoms with E-state index in [1.165, 1.54) is 0 Å². The van der Waals surface area contributed by atoms with Crippen LogP contribution in [-0.2, 0) is 6.61 Å². The van der Waals surface area contributed by atoms with Crippen molar-refractivity contribution in [3.05, 3.63) is 60.6 Å². The fourth-order valence-electron chi connectivity index (χ4n) is 2.38. The Morgan fingerprint density at radius 2 is 1.92 bits per heavy atom. The highest BCUT2D eigenvalue weighted by Crippen LogP contribution is 2.26. The molecule has 0 atom stereocenters. The summed E-state index contributed by atoms with van der Waals surface area (Å²) >= 11 is 0. The number of benzene rings is 1. The van der Waals surface area contributed by atoms with Gasteiger partial charge in [-0.1, -0.05) is 18.2 Å². The first kappa shape index (κ1) is 14.1. The third-order valence-corrected chi connectivity index (χ3v) is 3.61. The maximum atomic E-state index is 6.01. The Labute approximate surface area is 137 Å². The quantitative estimate of drug-likeness (QED) is 0.599. The Kier molecular flexibility index (Phi) is 3.51. The monoisotopic (exact) mass is 318 g/mol. The standard InChI is InChI=1S/C17H14N6O/c18-16-14(24-10-11-5-7-19-8-6-11)9-20-17(21-16)15-12-3-1-2-4-13(12)22-23-15/h1-9H,10H2,(H,22,23)(H2,18,20,21). The summed E-state index contributed by atoms with van der Waals surface area (Å²) in [6, 6.07) is 11.5. The van der Waals surface area contributed by atoms with Gasteiger partial charge in [0, 0.05) is 17.8 Å². The third-order valence-electron chi connectivity index (χ3n) is 3.61. The minimum atomic E-state index is 0.279. The van der Waals surface area contributed by atoms with Crippen molar-refractivity contribution in [3.63, 3.8) is 0 Å². The fourth-order valence-corrected chi connectivity index (χ4v) is 2.38. The van der Waals surface area contributed by atoms with E-state index in [9.17, 15) is 0 Å². The number of ether oxygens (including phenoxy) is 1. The number of fused-ring (bicyclic) bond motifs is 1. The van der Waals surface area contributed by atoms with Crippen LogP contribution in [0.25, 0.3) is 22.4 Å². The molecule has 0 saturated carbocycles. The molecule has 0 bridgehead atoms. The number of hydrogen-bond acceptors (Lipinski definition) is 6. The number of hydrogen-bond donors (Lipinski definition) is 2. The maximum absolute atomic E-state index is 6.01. The maximum Gasteiger partial charge on any atom is 0.182 e. The molecule has 0 aliphatic carbocycles. The van der Waals surface area contributed by atoms with Gasteiger partial charge in [0.15, 0.2) is 17.4 Å². The van der Waals surface area contributed by atoms with E-state index in [0.29, 0.717) is 23.9 Å². The normalized spacial score (nSPS) is 10.8. The number of nitrogens with two attached hydrogens (primary N) is 1. The van der Waals surface area contributed by atoms with Crippen LogP contribution in [0.5, 0.6) is 5.75 Å². The van der Waals surface area contributed by atoms with Gasteiger partial charge in [0.1, 0.15) is 12.3 Å². The number of anilines is 1. The van der Waals surface area contributed by atoms with Crippen LogP contribution in [0.1, 0.15) is 5.56 Å². The van der Waals surface area contributed by atoms with Gasteiger partial charge in [0.2, 0.25) is 0 Å². The lowest BCUT2D eigenvalue weighted by atomic mass is 10.2. The van der Waals surface area contributed by atoms with Gasteiger partial charge >= 0.3 is 0 Å². The molecule has 0 unspecified atom stereocenters. The van der Waals surface area contributed by atoms with Gasteiger partial charge in [-0.05, 0) is 23.8 Å². The van der Waals surface area contributed by atoms with Crippen molar-refractivity contribution in [2.75, 3.05) is 5.73 Å². The molecule has 1 aromatic carbocycles. The molecule has 7 heteroatoms. The molecule has 3 heterocycles. The molecule has 3 aromatic heterocycles. The van der Waals surface area contributed by atoms with Crippen LogP contribution in [0.2, 0.25) is 0 Å². The lowest BCUT2D eigenvalue weighted by Gasteiger charge is -2.08. The second-order valence-electron chi connectivity index (χ2n) is 5.21. The van der Waals surface area contributed by atoms with Crippen LogP contribution >= 0.6 is 0 Å². The lowest BCUT2D eigenvalue weighted by Crippen LogP contribution is -2.03. The number of H-pyrrole nitrogens is 1. The van der Waals surface area contributed by atoms with E-state index in [2.05, 4.69) is 25.1 Å². The average Bonchev–Trinajstić information content (AvgIpc) is 3.06. The molecule has 0 radical (unpaired) electrons. The number of para-hydroxylation sites is 1. The SMILES string of the molecule is Nc1nc(-c2n[nH]c3ccccc23)ncc1OCc1ccncc1. The van der Waals surface area contributed by atoms with Crippen LogP contribution in [0.15, 0.2) is 55.0 Å². The Morgan fingerprint density at radius 3 is 2.75 bits per heavy atom. The topological polar surface area (TPSA) is 103 Å². The molecule has 0 aliphatic heterocycles. The predicted molar refractivity (Wildman–Crippen MR) is 90.1 cm³/mol. The van der Waals surface area contributed by atoms with Crippen LogP contribution < -0.4 is 10.5 Å². The lowest BCUT2D eigenvalue weighted by molar-refractivity contribution is 0.305. The van der Waals surface area contributed by atoms with Gasteiger partial charge in [0.05, 0.1) is 11.7 Å². The molecule has 0 spiro atoms. The summed E-state index contributed by atoms with van der Waals surface area (Å²) in [5.41, 5.74) is 8.59. The van der Waals surface area contributed by atoms with Crippen LogP contribution in [-0.4, -0.2) is 25.1 Å². The van der Waals surface area contributed by atoms with Gasteiger partial charge in [-0.2, -0.15) is 5.10 Å². The molecule has 7 nitrogen and oxygen atoms in total. The van der Waals surface area contributed by atoms with E-state index >= 15 is 0 Å².